The zero-order chi connectivity index (χ0) is 45.4. The summed E-state index contributed by atoms with van der Waals surface area (Å²) in [6.45, 7) is 17.5. The fourth-order valence-electron chi connectivity index (χ4n) is 8.23. The van der Waals surface area contributed by atoms with Crippen molar-refractivity contribution >= 4 is 17.7 Å². The van der Waals surface area contributed by atoms with E-state index in [4.69, 9.17) is 29.2 Å². The molecule has 3 amide bonds. The Morgan fingerprint density at radius 1 is 0.429 bits per heavy atom. The van der Waals surface area contributed by atoms with Crippen LogP contribution >= 0.6 is 0 Å². The van der Waals surface area contributed by atoms with Crippen LogP contribution in [-0.2, 0) is 0 Å². The molecule has 3 atom stereocenters. The molecule has 0 spiro atoms. The Bertz CT molecular complexity index is 2350. The Kier molecular flexibility index (Phi) is 12.5. The van der Waals surface area contributed by atoms with Crippen LogP contribution in [0.3, 0.4) is 0 Å². The van der Waals surface area contributed by atoms with Gasteiger partial charge in [0.1, 0.15) is 51.8 Å². The highest BCUT2D eigenvalue weighted by molar-refractivity contribution is 5.96. The molecule has 15 nitrogen and oxygen atoms in total. The molecule has 0 unspecified atom stereocenters. The van der Waals surface area contributed by atoms with Gasteiger partial charge in [0.05, 0.1) is 56.5 Å². The number of hydrogen-bond acceptors (Lipinski definition) is 9. The number of carbonyl (C=O) groups is 3. The van der Waals surface area contributed by atoms with E-state index >= 15 is 0 Å². The van der Waals surface area contributed by atoms with Gasteiger partial charge in [0.2, 0.25) is 0 Å². The van der Waals surface area contributed by atoms with Gasteiger partial charge in [-0.05, 0) is 111 Å². The summed E-state index contributed by atoms with van der Waals surface area (Å²) in [6, 6.07) is 20.3. The Morgan fingerprint density at radius 2 is 0.651 bits per heavy atom. The monoisotopic (exact) mass is 855 g/mol. The maximum Gasteiger partial charge on any atom is 0.272 e. The molecule has 0 fully saturated rings. The number of fused-ring (bicyclic) bond motifs is 6. The SMILES string of the molecule is COc1ccc(-n2c3nc(c2C)C(=O)N[C@@H](C(C)C)c2nc(c(C)n2-c2ccc(OC)cc2)C(=O)N[C@@H](C(C)C)c2nc(c(C)n2-c2ccc(OC)cc2)C(=O)N[C@H]3C(C)C)cc1. The first-order chi connectivity index (χ1) is 30.1. The lowest BCUT2D eigenvalue weighted by atomic mass is 10.0. The Hall–Kier alpha value is -6.90. The molecule has 6 aromatic rings. The Balaban J connectivity index is 1.52. The van der Waals surface area contributed by atoms with Gasteiger partial charge in [-0.3, -0.25) is 28.1 Å². The average Bonchev–Trinajstić information content (AvgIpc) is 3.92. The third kappa shape index (κ3) is 8.27. The largest absolute Gasteiger partial charge is 0.497 e. The number of hydrogen-bond donors (Lipinski definition) is 3. The predicted molar refractivity (Wildman–Crippen MR) is 240 cm³/mol. The summed E-state index contributed by atoms with van der Waals surface area (Å²) in [7, 11) is 4.81. The van der Waals surface area contributed by atoms with E-state index in [2.05, 4.69) is 16.0 Å². The fraction of sp³-hybridized carbons (Fsp3) is 0.375. The first-order valence-corrected chi connectivity index (χ1v) is 21.2. The maximum absolute atomic E-state index is 14.8. The molecule has 6 bridgehead atoms. The van der Waals surface area contributed by atoms with Crippen molar-refractivity contribution in [2.75, 3.05) is 21.3 Å². The molecule has 0 saturated carbocycles. The highest BCUT2D eigenvalue weighted by Crippen LogP contribution is 2.34. The number of rotatable bonds is 9. The molecule has 7 rings (SSSR count). The number of carbonyl (C=O) groups excluding carboxylic acids is 3. The first-order valence-electron chi connectivity index (χ1n) is 21.2. The summed E-state index contributed by atoms with van der Waals surface area (Å²) < 4.78 is 22.1. The number of nitrogens with one attached hydrogen (secondary N) is 3. The number of aromatic nitrogens is 6. The molecule has 4 heterocycles. The smallest absolute Gasteiger partial charge is 0.272 e. The standard InChI is InChI=1S/C48H57N9O6/c1-25(2)37-43-49-41(28(7)55(43)31-13-19-34(61-10)20-14-31)47(59)53-39(27(5)6)45-51-42(30(9)57(45)33-17-23-36(63-12)24-18-33)48(60)54-38(26(3)4)44-50-40(46(58)52-37)29(8)56(44)32-15-21-35(62-11)22-16-32/h13-27,37-39H,1-12H3,(H,52,58)(H,53,59)(H,54,60)/t37-,38-,39-/m0/s1. The molecule has 0 aliphatic carbocycles. The van der Waals surface area contributed by atoms with Crippen molar-refractivity contribution in [1.82, 2.24) is 44.6 Å². The van der Waals surface area contributed by atoms with Crippen molar-refractivity contribution in [2.45, 2.75) is 80.4 Å². The lowest BCUT2D eigenvalue weighted by molar-refractivity contribution is 0.0913. The molecule has 63 heavy (non-hydrogen) atoms. The van der Waals surface area contributed by atoms with E-state index in [1.807, 2.05) is 149 Å². The third-order valence-electron chi connectivity index (χ3n) is 11.7. The van der Waals surface area contributed by atoms with Gasteiger partial charge in [0.25, 0.3) is 17.7 Å². The summed E-state index contributed by atoms with van der Waals surface area (Å²) in [4.78, 5) is 59.6. The van der Waals surface area contributed by atoms with E-state index in [-0.39, 0.29) is 34.8 Å². The summed E-state index contributed by atoms with van der Waals surface area (Å²) >= 11 is 0. The van der Waals surface area contributed by atoms with Crippen molar-refractivity contribution < 1.29 is 28.6 Å². The lowest BCUT2D eigenvalue weighted by Gasteiger charge is -2.23. The second kappa shape index (κ2) is 17.8. The number of methoxy groups -OCH3 is 3. The quantitative estimate of drug-likeness (QED) is 0.131. The summed E-state index contributed by atoms with van der Waals surface area (Å²) in [5, 5.41) is 9.78. The van der Waals surface area contributed by atoms with Crippen LogP contribution in [-0.4, -0.2) is 67.7 Å². The molecule has 3 N–H and O–H groups in total. The molecule has 1 aliphatic rings. The topological polar surface area (TPSA) is 168 Å². The zero-order valence-corrected chi connectivity index (χ0v) is 38.0. The highest BCUT2D eigenvalue weighted by Gasteiger charge is 2.36. The Labute approximate surface area is 368 Å². The van der Waals surface area contributed by atoms with E-state index < -0.39 is 35.8 Å². The molecular weight excluding hydrogens is 799 g/mol. The number of amides is 3. The normalized spacial score (nSPS) is 17.0. The molecule has 1 aliphatic heterocycles. The maximum atomic E-state index is 14.8. The molecule has 3 aromatic carbocycles. The molecule has 330 valence electrons. The Morgan fingerprint density at radius 3 is 0.841 bits per heavy atom. The van der Waals surface area contributed by atoms with E-state index in [0.29, 0.717) is 51.8 Å². The summed E-state index contributed by atoms with van der Waals surface area (Å²) in [6.07, 6.45) is 0. The van der Waals surface area contributed by atoms with E-state index in [0.717, 1.165) is 17.1 Å². The molecule has 0 saturated heterocycles. The van der Waals surface area contributed by atoms with Gasteiger partial charge in [-0.15, -0.1) is 0 Å². The van der Waals surface area contributed by atoms with Crippen molar-refractivity contribution in [3.63, 3.8) is 0 Å². The average molecular weight is 856 g/mol. The third-order valence-corrected chi connectivity index (χ3v) is 11.7. The lowest BCUT2D eigenvalue weighted by Crippen LogP contribution is -2.35. The van der Waals surface area contributed by atoms with Gasteiger partial charge in [-0.2, -0.15) is 0 Å². The molecule has 0 radical (unpaired) electrons. The fourth-order valence-corrected chi connectivity index (χ4v) is 8.23. The van der Waals surface area contributed by atoms with Crippen molar-refractivity contribution in [3.05, 3.63) is 124 Å². The van der Waals surface area contributed by atoms with Crippen LogP contribution in [0.2, 0.25) is 0 Å². The van der Waals surface area contributed by atoms with Crippen LogP contribution < -0.4 is 30.2 Å². The van der Waals surface area contributed by atoms with Crippen LogP contribution in [0.1, 0.15) is 126 Å². The van der Waals surface area contributed by atoms with Gasteiger partial charge >= 0.3 is 0 Å². The minimum absolute atomic E-state index is 0.173. The number of nitrogens with zero attached hydrogens (tertiary/aromatic N) is 6. The van der Waals surface area contributed by atoms with Crippen LogP contribution in [0.25, 0.3) is 17.1 Å². The van der Waals surface area contributed by atoms with Gasteiger partial charge in [0, 0.05) is 17.1 Å². The molecule has 15 heteroatoms. The van der Waals surface area contributed by atoms with Crippen LogP contribution in [0.4, 0.5) is 0 Å². The van der Waals surface area contributed by atoms with Crippen LogP contribution in [0.5, 0.6) is 17.2 Å². The summed E-state index contributed by atoms with van der Waals surface area (Å²) in [5.74, 6) is 1.47. The molecule has 3 aromatic heterocycles. The number of imidazole rings is 3. The van der Waals surface area contributed by atoms with Gasteiger partial charge in [0.15, 0.2) is 0 Å². The van der Waals surface area contributed by atoms with Crippen molar-refractivity contribution in [2.24, 2.45) is 17.8 Å². The second-order valence-corrected chi connectivity index (χ2v) is 16.9. The summed E-state index contributed by atoms with van der Waals surface area (Å²) in [5.41, 5.74) is 4.37. The first kappa shape index (κ1) is 44.2. The van der Waals surface area contributed by atoms with Crippen LogP contribution in [0, 0.1) is 38.5 Å². The minimum Gasteiger partial charge on any atom is -0.497 e. The van der Waals surface area contributed by atoms with E-state index in [1.165, 1.54) is 0 Å². The van der Waals surface area contributed by atoms with Crippen LogP contribution in [0.15, 0.2) is 72.8 Å². The zero-order valence-electron chi connectivity index (χ0n) is 38.0. The minimum atomic E-state index is -0.687. The van der Waals surface area contributed by atoms with Crippen molar-refractivity contribution in [1.29, 1.82) is 0 Å². The van der Waals surface area contributed by atoms with Gasteiger partial charge < -0.3 is 30.2 Å². The van der Waals surface area contributed by atoms with Crippen molar-refractivity contribution in [3.8, 4) is 34.3 Å². The van der Waals surface area contributed by atoms with Gasteiger partial charge in [-0.25, -0.2) is 15.0 Å². The van der Waals surface area contributed by atoms with Gasteiger partial charge in [-0.1, -0.05) is 41.5 Å². The number of benzene rings is 3. The van der Waals surface area contributed by atoms with E-state index in [1.54, 1.807) is 21.3 Å². The predicted octanol–water partition coefficient (Wildman–Crippen LogP) is 7.89. The highest BCUT2D eigenvalue weighted by atomic mass is 16.5. The van der Waals surface area contributed by atoms with E-state index in [9.17, 15) is 14.4 Å². The second-order valence-electron chi connectivity index (χ2n) is 16.9. The number of ether oxygens (including phenoxy) is 3. The molecular formula is C48H57N9O6.